The maximum Gasteiger partial charge on any atom is 0.0695 e. The lowest BCUT2D eigenvalue weighted by atomic mass is 9.80. The van der Waals surface area contributed by atoms with Gasteiger partial charge in [0.25, 0.3) is 0 Å². The van der Waals surface area contributed by atoms with Gasteiger partial charge >= 0.3 is 0 Å². The molecular weight excluding hydrogens is 236 g/mol. The summed E-state index contributed by atoms with van der Waals surface area (Å²) in [7, 11) is 0. The Morgan fingerprint density at radius 2 is 1.89 bits per heavy atom. The first kappa shape index (κ1) is 13.8. The lowest BCUT2D eigenvalue weighted by Crippen LogP contribution is -2.57. The van der Waals surface area contributed by atoms with E-state index in [9.17, 15) is 5.11 Å². The second kappa shape index (κ2) is 6.11. The van der Waals surface area contributed by atoms with Crippen molar-refractivity contribution in [3.05, 3.63) is 0 Å². The quantitative estimate of drug-likeness (QED) is 0.847. The van der Waals surface area contributed by atoms with Gasteiger partial charge in [-0.05, 0) is 44.6 Å². The second-order valence-electron chi connectivity index (χ2n) is 6.93. The Morgan fingerprint density at radius 1 is 1.05 bits per heavy atom. The van der Waals surface area contributed by atoms with Crippen LogP contribution in [0.3, 0.4) is 0 Å². The summed E-state index contributed by atoms with van der Waals surface area (Å²) in [4.78, 5) is 5.29. The largest absolute Gasteiger partial charge is 0.391 e. The molecule has 0 aromatic heterocycles. The molecule has 2 saturated heterocycles. The fourth-order valence-electron chi connectivity index (χ4n) is 4.59. The second-order valence-corrected chi connectivity index (χ2v) is 6.93. The van der Waals surface area contributed by atoms with Gasteiger partial charge in [0.05, 0.1) is 6.10 Å². The number of nitrogens with zero attached hydrogens (tertiary/aromatic N) is 2. The van der Waals surface area contributed by atoms with Crippen LogP contribution in [0, 0.1) is 5.92 Å². The van der Waals surface area contributed by atoms with E-state index in [1.165, 1.54) is 64.7 Å². The van der Waals surface area contributed by atoms with Gasteiger partial charge in [-0.3, -0.25) is 9.80 Å². The molecule has 3 fully saturated rings. The van der Waals surface area contributed by atoms with Crippen molar-refractivity contribution in [1.29, 1.82) is 0 Å². The van der Waals surface area contributed by atoms with Gasteiger partial charge in [0.1, 0.15) is 0 Å². The molecule has 3 aliphatic rings. The number of hydrogen-bond acceptors (Lipinski definition) is 3. The fraction of sp³-hybridized carbons (Fsp3) is 1.00. The van der Waals surface area contributed by atoms with Gasteiger partial charge in [0.2, 0.25) is 0 Å². The standard InChI is InChI=1S/C16H30N2O/c1-2-4-13-6-7-16(19)15(11-13)18-10-9-17-8-3-5-14(17)12-18/h13-16,19H,2-12H2,1H3. The zero-order valence-corrected chi connectivity index (χ0v) is 12.4. The summed E-state index contributed by atoms with van der Waals surface area (Å²) in [6.07, 6.45) is 8.84. The van der Waals surface area contributed by atoms with Crippen LogP contribution in [0.4, 0.5) is 0 Å². The van der Waals surface area contributed by atoms with Crippen LogP contribution < -0.4 is 0 Å². The van der Waals surface area contributed by atoms with Crippen molar-refractivity contribution in [3.8, 4) is 0 Å². The molecule has 0 radical (unpaired) electrons. The van der Waals surface area contributed by atoms with E-state index in [4.69, 9.17) is 0 Å². The molecule has 1 aliphatic carbocycles. The lowest BCUT2D eigenvalue weighted by molar-refractivity contribution is -0.0267. The van der Waals surface area contributed by atoms with Crippen LogP contribution >= 0.6 is 0 Å². The Hall–Kier alpha value is -0.120. The molecule has 0 amide bonds. The van der Waals surface area contributed by atoms with Crippen LogP contribution in [-0.4, -0.2) is 59.3 Å². The van der Waals surface area contributed by atoms with Gasteiger partial charge in [0, 0.05) is 31.7 Å². The molecule has 0 spiro atoms. The first-order valence-electron chi connectivity index (χ1n) is 8.44. The number of fused-ring (bicyclic) bond motifs is 1. The van der Waals surface area contributed by atoms with Crippen molar-refractivity contribution in [1.82, 2.24) is 9.80 Å². The number of piperazine rings is 1. The van der Waals surface area contributed by atoms with Crippen molar-refractivity contribution >= 4 is 0 Å². The SMILES string of the molecule is CCCC1CCC(O)C(N2CCN3CCCC3C2)C1. The minimum absolute atomic E-state index is 0.0685. The maximum absolute atomic E-state index is 10.4. The third-order valence-corrected chi connectivity index (χ3v) is 5.67. The highest BCUT2D eigenvalue weighted by molar-refractivity contribution is 4.93. The fourth-order valence-corrected chi connectivity index (χ4v) is 4.59. The van der Waals surface area contributed by atoms with Crippen molar-refractivity contribution in [2.24, 2.45) is 5.92 Å². The van der Waals surface area contributed by atoms with Gasteiger partial charge in [0.15, 0.2) is 0 Å². The van der Waals surface area contributed by atoms with Gasteiger partial charge in [-0.2, -0.15) is 0 Å². The van der Waals surface area contributed by atoms with Crippen molar-refractivity contribution in [2.45, 2.75) is 70.1 Å². The molecule has 3 nitrogen and oxygen atoms in total. The highest BCUT2D eigenvalue weighted by atomic mass is 16.3. The van der Waals surface area contributed by atoms with Gasteiger partial charge in [-0.25, -0.2) is 0 Å². The number of hydrogen-bond donors (Lipinski definition) is 1. The summed E-state index contributed by atoms with van der Waals surface area (Å²) < 4.78 is 0. The van der Waals surface area contributed by atoms with Crippen LogP contribution in [0.25, 0.3) is 0 Å². The smallest absolute Gasteiger partial charge is 0.0695 e. The molecule has 0 aromatic carbocycles. The summed E-state index contributed by atoms with van der Waals surface area (Å²) in [6, 6.07) is 1.24. The zero-order chi connectivity index (χ0) is 13.2. The summed E-state index contributed by atoms with van der Waals surface area (Å²) in [5.74, 6) is 0.861. The van der Waals surface area contributed by atoms with Gasteiger partial charge in [-0.1, -0.05) is 19.8 Å². The monoisotopic (exact) mass is 266 g/mol. The van der Waals surface area contributed by atoms with Crippen LogP contribution in [0.1, 0.15) is 51.9 Å². The highest BCUT2D eigenvalue weighted by Gasteiger charge is 2.38. The third kappa shape index (κ3) is 2.98. The number of aliphatic hydroxyl groups excluding tert-OH is 1. The maximum atomic E-state index is 10.4. The van der Waals surface area contributed by atoms with Crippen molar-refractivity contribution < 1.29 is 5.11 Å². The Labute approximate surface area is 118 Å². The van der Waals surface area contributed by atoms with Crippen LogP contribution in [0.2, 0.25) is 0 Å². The topological polar surface area (TPSA) is 26.7 Å². The van der Waals surface area contributed by atoms with E-state index in [0.29, 0.717) is 6.04 Å². The van der Waals surface area contributed by atoms with E-state index in [-0.39, 0.29) is 6.10 Å². The Balaban J connectivity index is 1.60. The number of rotatable bonds is 3. The molecule has 0 aromatic rings. The van der Waals surface area contributed by atoms with E-state index in [2.05, 4.69) is 16.7 Å². The molecule has 4 unspecified atom stereocenters. The molecule has 3 rings (SSSR count). The minimum atomic E-state index is -0.0685. The van der Waals surface area contributed by atoms with E-state index >= 15 is 0 Å². The molecule has 2 heterocycles. The van der Waals surface area contributed by atoms with Gasteiger partial charge in [-0.15, -0.1) is 0 Å². The van der Waals surface area contributed by atoms with Gasteiger partial charge < -0.3 is 5.11 Å². The molecule has 1 N–H and O–H groups in total. The first-order valence-corrected chi connectivity index (χ1v) is 8.44. The molecule has 0 bridgehead atoms. The van der Waals surface area contributed by atoms with Crippen LogP contribution in [0.15, 0.2) is 0 Å². The Bertz CT molecular complexity index is 296. The summed E-state index contributed by atoms with van der Waals surface area (Å²) in [5, 5.41) is 10.4. The predicted octanol–water partition coefficient (Wildman–Crippen LogP) is 2.10. The molecule has 3 heteroatoms. The third-order valence-electron chi connectivity index (χ3n) is 5.67. The first-order chi connectivity index (χ1) is 9.28. The zero-order valence-electron chi connectivity index (χ0n) is 12.4. The van der Waals surface area contributed by atoms with Crippen LogP contribution in [0.5, 0.6) is 0 Å². The molecule has 110 valence electrons. The number of aliphatic hydroxyl groups is 1. The van der Waals surface area contributed by atoms with E-state index in [1.54, 1.807) is 0 Å². The van der Waals surface area contributed by atoms with E-state index < -0.39 is 0 Å². The summed E-state index contributed by atoms with van der Waals surface area (Å²) in [6.45, 7) is 7.21. The summed E-state index contributed by atoms with van der Waals surface area (Å²) >= 11 is 0. The minimum Gasteiger partial charge on any atom is -0.391 e. The molecule has 2 aliphatic heterocycles. The Morgan fingerprint density at radius 3 is 2.74 bits per heavy atom. The average Bonchev–Trinajstić information content (AvgIpc) is 2.88. The summed E-state index contributed by atoms with van der Waals surface area (Å²) in [5.41, 5.74) is 0. The Kier molecular flexibility index (Phi) is 4.45. The normalized spacial score (nSPS) is 41.4. The molecular formula is C16H30N2O. The average molecular weight is 266 g/mol. The highest BCUT2D eigenvalue weighted by Crippen LogP contribution is 2.33. The molecule has 4 atom stereocenters. The van der Waals surface area contributed by atoms with Crippen molar-refractivity contribution in [3.63, 3.8) is 0 Å². The molecule has 19 heavy (non-hydrogen) atoms. The van der Waals surface area contributed by atoms with E-state index in [0.717, 1.165) is 18.4 Å². The van der Waals surface area contributed by atoms with Crippen LogP contribution in [-0.2, 0) is 0 Å². The molecule has 1 saturated carbocycles. The predicted molar refractivity (Wildman–Crippen MR) is 78.2 cm³/mol. The lowest BCUT2D eigenvalue weighted by Gasteiger charge is -2.46. The van der Waals surface area contributed by atoms with E-state index in [1.807, 2.05) is 0 Å². The van der Waals surface area contributed by atoms with Crippen molar-refractivity contribution in [2.75, 3.05) is 26.2 Å².